The molecule has 0 radical (unpaired) electrons. The molecule has 0 aliphatic heterocycles. The van der Waals surface area contributed by atoms with Gasteiger partial charge in [0.2, 0.25) is 0 Å². The summed E-state index contributed by atoms with van der Waals surface area (Å²) in [7, 11) is 0. The molecular formula is C51H41N3. The highest BCUT2D eigenvalue weighted by Gasteiger charge is 2.37. The Balaban J connectivity index is 0.979. The largest absolute Gasteiger partial charge is 0.208 e. The van der Waals surface area contributed by atoms with E-state index in [1.165, 1.54) is 66.8 Å². The van der Waals surface area contributed by atoms with Crippen LogP contribution in [0.5, 0.6) is 0 Å². The first-order valence-electron chi connectivity index (χ1n) is 19.1. The first kappa shape index (κ1) is 32.5. The highest BCUT2D eigenvalue weighted by atomic mass is 15.0. The number of hydrogen-bond acceptors (Lipinski definition) is 3. The summed E-state index contributed by atoms with van der Waals surface area (Å²) >= 11 is 0. The van der Waals surface area contributed by atoms with Crippen LogP contribution in [-0.4, -0.2) is 15.0 Å². The fraction of sp³-hybridized carbons (Fsp3) is 0.157. The van der Waals surface area contributed by atoms with Crippen molar-refractivity contribution >= 4 is 5.57 Å². The second-order valence-corrected chi connectivity index (χ2v) is 16.0. The van der Waals surface area contributed by atoms with Gasteiger partial charge in [-0.3, -0.25) is 0 Å². The quantitative estimate of drug-likeness (QED) is 0.180. The zero-order valence-electron chi connectivity index (χ0n) is 31.2. The first-order chi connectivity index (χ1) is 26.3. The first-order valence-corrected chi connectivity index (χ1v) is 19.1. The standard InChI is InChI=1S/C51H41N3/c1-50(2)43-16-10-8-14-39(43)41-28-26-37(30-45(41)50)32-18-22-35(23-19-32)48-52-47(34-12-6-5-7-13-34)53-49(54-48)36-24-20-33(21-25-36)38-27-29-42-40-15-9-11-17-44(40)51(3,4)46(42)31-38/h5-8,10-14,16-31H,9,15H2,1-4H3. The Morgan fingerprint density at radius 3 is 1.48 bits per heavy atom. The number of hydrogen-bond donors (Lipinski definition) is 0. The molecule has 6 aromatic carbocycles. The minimum Gasteiger partial charge on any atom is -0.208 e. The maximum atomic E-state index is 5.07. The van der Waals surface area contributed by atoms with Gasteiger partial charge in [-0.05, 0) is 91.8 Å². The highest BCUT2D eigenvalue weighted by Crippen LogP contribution is 2.51. The molecule has 10 rings (SSSR count). The fourth-order valence-electron chi connectivity index (χ4n) is 9.04. The fourth-order valence-corrected chi connectivity index (χ4v) is 9.04. The molecule has 1 aromatic heterocycles. The maximum absolute atomic E-state index is 5.07. The van der Waals surface area contributed by atoms with E-state index in [4.69, 9.17) is 15.0 Å². The average molecular weight is 696 g/mol. The molecule has 1 heterocycles. The Kier molecular flexibility index (Phi) is 7.32. The molecule has 0 saturated carbocycles. The van der Waals surface area contributed by atoms with Gasteiger partial charge in [0.15, 0.2) is 17.5 Å². The minimum atomic E-state index is -0.0397. The number of rotatable bonds is 5. The second kappa shape index (κ2) is 12.2. The van der Waals surface area contributed by atoms with Crippen molar-refractivity contribution in [1.82, 2.24) is 15.0 Å². The number of allylic oxidation sites excluding steroid dienone is 4. The molecule has 0 fully saturated rings. The summed E-state index contributed by atoms with van der Waals surface area (Å²) in [4.78, 5) is 15.1. The van der Waals surface area contributed by atoms with Gasteiger partial charge < -0.3 is 0 Å². The van der Waals surface area contributed by atoms with Crippen LogP contribution in [0.2, 0.25) is 0 Å². The molecule has 7 aromatic rings. The molecule has 0 spiro atoms. The summed E-state index contributed by atoms with van der Waals surface area (Å²) < 4.78 is 0. The van der Waals surface area contributed by atoms with E-state index in [2.05, 4.69) is 161 Å². The van der Waals surface area contributed by atoms with Crippen molar-refractivity contribution in [3.05, 3.63) is 180 Å². The lowest BCUT2D eigenvalue weighted by atomic mass is 9.79. The lowest BCUT2D eigenvalue weighted by Crippen LogP contribution is -2.16. The summed E-state index contributed by atoms with van der Waals surface area (Å²) in [5.41, 5.74) is 18.9. The highest BCUT2D eigenvalue weighted by molar-refractivity contribution is 5.86. The van der Waals surface area contributed by atoms with Crippen LogP contribution in [-0.2, 0) is 10.8 Å². The van der Waals surface area contributed by atoms with E-state index in [-0.39, 0.29) is 10.8 Å². The van der Waals surface area contributed by atoms with Gasteiger partial charge in [0.05, 0.1) is 0 Å². The van der Waals surface area contributed by atoms with Crippen molar-refractivity contribution in [2.24, 2.45) is 0 Å². The van der Waals surface area contributed by atoms with Crippen LogP contribution < -0.4 is 0 Å². The third kappa shape index (κ3) is 5.14. The van der Waals surface area contributed by atoms with Gasteiger partial charge in [0.1, 0.15) is 0 Å². The summed E-state index contributed by atoms with van der Waals surface area (Å²) in [6.07, 6.45) is 6.92. The van der Waals surface area contributed by atoms with Crippen LogP contribution in [0.4, 0.5) is 0 Å². The van der Waals surface area contributed by atoms with Crippen molar-refractivity contribution < 1.29 is 0 Å². The molecule has 3 aliphatic rings. The van der Waals surface area contributed by atoms with Crippen LogP contribution in [0.15, 0.2) is 157 Å². The molecule has 3 heteroatoms. The van der Waals surface area contributed by atoms with Crippen LogP contribution in [0.3, 0.4) is 0 Å². The average Bonchev–Trinajstić information content (AvgIpc) is 3.60. The molecule has 0 unspecified atom stereocenters. The monoisotopic (exact) mass is 695 g/mol. The van der Waals surface area contributed by atoms with E-state index in [1.807, 2.05) is 18.2 Å². The van der Waals surface area contributed by atoms with E-state index in [0.29, 0.717) is 17.5 Å². The zero-order valence-corrected chi connectivity index (χ0v) is 31.2. The van der Waals surface area contributed by atoms with Crippen molar-refractivity contribution in [2.45, 2.75) is 51.4 Å². The Morgan fingerprint density at radius 1 is 0.407 bits per heavy atom. The van der Waals surface area contributed by atoms with Gasteiger partial charge >= 0.3 is 0 Å². The zero-order chi connectivity index (χ0) is 36.6. The Morgan fingerprint density at radius 2 is 0.870 bits per heavy atom. The molecule has 3 aliphatic carbocycles. The van der Waals surface area contributed by atoms with Gasteiger partial charge in [0, 0.05) is 27.5 Å². The molecule has 260 valence electrons. The van der Waals surface area contributed by atoms with E-state index in [9.17, 15) is 0 Å². The Hall–Kier alpha value is -6.19. The van der Waals surface area contributed by atoms with Gasteiger partial charge in [-0.15, -0.1) is 0 Å². The summed E-state index contributed by atoms with van der Waals surface area (Å²) in [5.74, 6) is 1.98. The summed E-state index contributed by atoms with van der Waals surface area (Å²) in [5, 5.41) is 0. The number of aromatic nitrogens is 3. The van der Waals surface area contributed by atoms with Gasteiger partial charge in [-0.25, -0.2) is 15.0 Å². The second-order valence-electron chi connectivity index (χ2n) is 16.0. The molecule has 54 heavy (non-hydrogen) atoms. The minimum absolute atomic E-state index is 0.00941. The number of nitrogens with zero attached hydrogens (tertiary/aromatic N) is 3. The van der Waals surface area contributed by atoms with E-state index < -0.39 is 0 Å². The van der Waals surface area contributed by atoms with Crippen molar-refractivity contribution in [2.75, 3.05) is 0 Å². The van der Waals surface area contributed by atoms with Gasteiger partial charge in [0.25, 0.3) is 0 Å². The molecular weight excluding hydrogens is 655 g/mol. The van der Waals surface area contributed by atoms with Crippen LogP contribution in [0.25, 0.3) is 73.1 Å². The van der Waals surface area contributed by atoms with Crippen LogP contribution in [0, 0.1) is 0 Å². The molecule has 0 N–H and O–H groups in total. The lowest BCUT2D eigenvalue weighted by Gasteiger charge is -2.24. The maximum Gasteiger partial charge on any atom is 0.164 e. The topological polar surface area (TPSA) is 38.7 Å². The molecule has 0 bridgehead atoms. The van der Waals surface area contributed by atoms with E-state index in [1.54, 1.807) is 0 Å². The Bertz CT molecular complexity index is 2680. The van der Waals surface area contributed by atoms with Crippen LogP contribution in [0.1, 0.15) is 62.8 Å². The molecule has 0 atom stereocenters. The summed E-state index contributed by atoms with van der Waals surface area (Å²) in [6, 6.07) is 50.2. The number of fused-ring (bicyclic) bond motifs is 5. The van der Waals surface area contributed by atoms with E-state index in [0.717, 1.165) is 29.5 Å². The van der Waals surface area contributed by atoms with Crippen molar-refractivity contribution in [1.29, 1.82) is 0 Å². The normalized spacial score (nSPS) is 15.8. The summed E-state index contributed by atoms with van der Waals surface area (Å²) in [6.45, 7) is 9.38. The molecule has 0 saturated heterocycles. The van der Waals surface area contributed by atoms with Crippen molar-refractivity contribution in [3.63, 3.8) is 0 Å². The van der Waals surface area contributed by atoms with Gasteiger partial charge in [-0.1, -0.05) is 167 Å². The van der Waals surface area contributed by atoms with Crippen LogP contribution >= 0.6 is 0 Å². The predicted molar refractivity (Wildman–Crippen MR) is 223 cm³/mol. The van der Waals surface area contributed by atoms with Crippen molar-refractivity contribution in [3.8, 4) is 67.5 Å². The van der Waals surface area contributed by atoms with Gasteiger partial charge in [-0.2, -0.15) is 0 Å². The van der Waals surface area contributed by atoms with E-state index >= 15 is 0 Å². The Labute approximate surface area is 317 Å². The smallest absolute Gasteiger partial charge is 0.164 e. The third-order valence-corrected chi connectivity index (χ3v) is 12.1. The third-order valence-electron chi connectivity index (χ3n) is 12.1. The molecule has 3 nitrogen and oxygen atoms in total. The SMILES string of the molecule is CC1(C)C2=C(CCC=C2)c2ccc(-c3ccc(-c4nc(-c5ccccc5)nc(-c5ccc(-c6ccc7c(c6)C(C)(C)c6ccccc6-7)cc5)n4)cc3)cc21. The molecule has 0 amide bonds. The lowest BCUT2D eigenvalue weighted by molar-refractivity contribution is 0.651. The number of benzene rings is 6. The predicted octanol–water partition coefficient (Wildman–Crippen LogP) is 12.9.